The van der Waals surface area contributed by atoms with Crippen LogP contribution in [0.2, 0.25) is 0 Å². The lowest BCUT2D eigenvalue weighted by Crippen LogP contribution is -2.03. The van der Waals surface area contributed by atoms with Crippen LogP contribution in [-0.4, -0.2) is 17.6 Å². The maximum atomic E-state index is 11.5. The number of hydrogen-bond acceptors (Lipinski definition) is 3. The van der Waals surface area contributed by atoms with E-state index in [1.807, 2.05) is 29.9 Å². The van der Waals surface area contributed by atoms with Crippen LogP contribution in [-0.2, 0) is 11.8 Å². The van der Waals surface area contributed by atoms with Crippen LogP contribution in [0.1, 0.15) is 10.4 Å². The lowest BCUT2D eigenvalue weighted by atomic mass is 10.1. The highest BCUT2D eigenvalue weighted by Gasteiger charge is 2.12. The van der Waals surface area contributed by atoms with Crippen molar-refractivity contribution >= 4 is 22.6 Å². The molecule has 2 aromatic rings. The van der Waals surface area contributed by atoms with E-state index in [2.05, 4.69) is 0 Å². The molecule has 0 radical (unpaired) electrons. The zero-order valence-corrected chi connectivity index (χ0v) is 8.65. The first-order chi connectivity index (χ1) is 7.13. The molecule has 0 saturated carbocycles. The van der Waals surface area contributed by atoms with E-state index in [0.717, 1.165) is 10.9 Å². The van der Waals surface area contributed by atoms with Gasteiger partial charge in [-0.1, -0.05) is 0 Å². The highest BCUT2D eigenvalue weighted by Crippen LogP contribution is 2.23. The van der Waals surface area contributed by atoms with E-state index in [1.54, 1.807) is 6.07 Å². The first-order valence-electron chi connectivity index (χ1n) is 4.56. The Morgan fingerprint density at radius 3 is 2.87 bits per heavy atom. The maximum absolute atomic E-state index is 11.5. The van der Waals surface area contributed by atoms with Gasteiger partial charge in [0.1, 0.15) is 0 Å². The van der Waals surface area contributed by atoms with Gasteiger partial charge in [-0.25, -0.2) is 4.79 Å². The topological polar surface area (TPSA) is 57.2 Å². The number of carbonyl (C=O) groups excluding carboxylic acids is 1. The molecule has 0 saturated heterocycles. The molecule has 0 fully saturated rings. The Hall–Kier alpha value is -1.97. The fraction of sp³-hybridized carbons (Fsp3) is 0.182. The predicted octanol–water partition coefficient (Wildman–Crippen LogP) is 1.55. The standard InChI is InChI=1S/C11H12N2O2/c1-13-4-3-8-9(11(14)15-2)5-7(12)6-10(8)13/h3-6H,12H2,1-2H3. The second-order valence-electron chi connectivity index (χ2n) is 3.42. The molecule has 2 N–H and O–H groups in total. The number of rotatable bonds is 1. The van der Waals surface area contributed by atoms with Crippen molar-refractivity contribution in [3.63, 3.8) is 0 Å². The Morgan fingerprint density at radius 1 is 1.47 bits per heavy atom. The third-order valence-electron chi connectivity index (χ3n) is 2.43. The number of nitrogen functional groups attached to an aromatic ring is 1. The number of aromatic nitrogens is 1. The minimum Gasteiger partial charge on any atom is -0.465 e. The highest BCUT2D eigenvalue weighted by molar-refractivity contribution is 6.05. The molecule has 0 aliphatic rings. The first-order valence-corrected chi connectivity index (χ1v) is 4.56. The van der Waals surface area contributed by atoms with E-state index >= 15 is 0 Å². The zero-order chi connectivity index (χ0) is 11.0. The zero-order valence-electron chi connectivity index (χ0n) is 8.65. The molecule has 0 atom stereocenters. The van der Waals surface area contributed by atoms with Crippen molar-refractivity contribution in [2.45, 2.75) is 0 Å². The molecule has 0 spiro atoms. The van der Waals surface area contributed by atoms with Gasteiger partial charge in [-0.3, -0.25) is 0 Å². The third kappa shape index (κ3) is 1.44. The molecule has 0 aliphatic heterocycles. The number of ether oxygens (including phenoxy) is 1. The number of fused-ring (bicyclic) bond motifs is 1. The largest absolute Gasteiger partial charge is 0.465 e. The summed E-state index contributed by atoms with van der Waals surface area (Å²) in [5, 5.41) is 0.860. The Balaban J connectivity index is 2.78. The summed E-state index contributed by atoms with van der Waals surface area (Å²) in [5.74, 6) is -0.362. The van der Waals surface area contributed by atoms with E-state index < -0.39 is 0 Å². The minimum absolute atomic E-state index is 0.362. The Morgan fingerprint density at radius 2 is 2.20 bits per heavy atom. The van der Waals surface area contributed by atoms with Crippen LogP contribution in [0.3, 0.4) is 0 Å². The van der Waals surface area contributed by atoms with Crippen molar-refractivity contribution < 1.29 is 9.53 Å². The molecule has 2 rings (SSSR count). The van der Waals surface area contributed by atoms with E-state index in [0.29, 0.717) is 11.3 Å². The molecule has 1 heterocycles. The quantitative estimate of drug-likeness (QED) is 0.566. The number of aryl methyl sites for hydroxylation is 1. The highest BCUT2D eigenvalue weighted by atomic mass is 16.5. The maximum Gasteiger partial charge on any atom is 0.338 e. The Labute approximate surface area is 87.2 Å². The number of hydrogen-bond donors (Lipinski definition) is 1. The molecule has 0 unspecified atom stereocenters. The molecule has 4 nitrogen and oxygen atoms in total. The molecule has 0 aliphatic carbocycles. The van der Waals surface area contributed by atoms with Crippen molar-refractivity contribution in [1.82, 2.24) is 4.57 Å². The summed E-state index contributed by atoms with van der Waals surface area (Å²) in [6.07, 6.45) is 1.89. The SMILES string of the molecule is COC(=O)c1cc(N)cc2c1ccn2C. The number of anilines is 1. The Kier molecular flexibility index (Phi) is 2.11. The van der Waals surface area contributed by atoms with E-state index in [-0.39, 0.29) is 5.97 Å². The van der Waals surface area contributed by atoms with Crippen LogP contribution in [0.25, 0.3) is 10.9 Å². The molecular formula is C11H12N2O2. The van der Waals surface area contributed by atoms with Crippen LogP contribution < -0.4 is 5.73 Å². The van der Waals surface area contributed by atoms with Crippen molar-refractivity contribution in [3.05, 3.63) is 30.0 Å². The van der Waals surface area contributed by atoms with Gasteiger partial charge < -0.3 is 15.0 Å². The van der Waals surface area contributed by atoms with Gasteiger partial charge in [0.2, 0.25) is 0 Å². The molecule has 78 valence electrons. The number of carbonyl (C=O) groups is 1. The predicted molar refractivity (Wildman–Crippen MR) is 58.7 cm³/mol. The number of nitrogens with zero attached hydrogens (tertiary/aromatic N) is 1. The van der Waals surface area contributed by atoms with Crippen LogP contribution in [0, 0.1) is 0 Å². The number of methoxy groups -OCH3 is 1. The van der Waals surface area contributed by atoms with Crippen LogP contribution >= 0.6 is 0 Å². The summed E-state index contributed by atoms with van der Waals surface area (Å²) in [5.41, 5.74) is 7.72. The summed E-state index contributed by atoms with van der Waals surface area (Å²) in [6.45, 7) is 0. The monoisotopic (exact) mass is 204 g/mol. The average molecular weight is 204 g/mol. The van der Waals surface area contributed by atoms with Crippen molar-refractivity contribution in [2.75, 3.05) is 12.8 Å². The van der Waals surface area contributed by atoms with E-state index in [1.165, 1.54) is 7.11 Å². The molecule has 4 heteroatoms. The van der Waals surface area contributed by atoms with E-state index in [9.17, 15) is 4.79 Å². The normalized spacial score (nSPS) is 10.5. The Bertz CT molecular complexity index is 529. The van der Waals surface area contributed by atoms with Gasteiger partial charge in [-0.2, -0.15) is 0 Å². The molecule has 1 aromatic heterocycles. The number of esters is 1. The first kappa shape index (κ1) is 9.58. The molecule has 0 amide bonds. The molecule has 15 heavy (non-hydrogen) atoms. The second-order valence-corrected chi connectivity index (χ2v) is 3.42. The number of nitrogens with two attached hydrogens (primary N) is 1. The van der Waals surface area contributed by atoms with Crippen LogP contribution in [0.15, 0.2) is 24.4 Å². The molecular weight excluding hydrogens is 192 g/mol. The summed E-state index contributed by atoms with van der Waals surface area (Å²) >= 11 is 0. The van der Waals surface area contributed by atoms with Gasteiger partial charge in [-0.05, 0) is 18.2 Å². The van der Waals surface area contributed by atoms with Crippen molar-refractivity contribution in [3.8, 4) is 0 Å². The molecule has 0 bridgehead atoms. The van der Waals surface area contributed by atoms with E-state index in [4.69, 9.17) is 10.5 Å². The lowest BCUT2D eigenvalue weighted by molar-refractivity contribution is 0.0603. The van der Waals surface area contributed by atoms with Crippen LogP contribution in [0.5, 0.6) is 0 Å². The van der Waals surface area contributed by atoms with Gasteiger partial charge in [0, 0.05) is 24.3 Å². The fourth-order valence-corrected chi connectivity index (χ4v) is 1.67. The molecule has 1 aromatic carbocycles. The summed E-state index contributed by atoms with van der Waals surface area (Å²) < 4.78 is 6.62. The van der Waals surface area contributed by atoms with Gasteiger partial charge >= 0.3 is 5.97 Å². The number of benzene rings is 1. The van der Waals surface area contributed by atoms with Gasteiger partial charge in [0.25, 0.3) is 0 Å². The smallest absolute Gasteiger partial charge is 0.338 e. The summed E-state index contributed by atoms with van der Waals surface area (Å²) in [4.78, 5) is 11.5. The van der Waals surface area contributed by atoms with Crippen molar-refractivity contribution in [1.29, 1.82) is 0 Å². The lowest BCUT2D eigenvalue weighted by Gasteiger charge is -2.04. The summed E-state index contributed by atoms with van der Waals surface area (Å²) in [6, 6.07) is 5.34. The van der Waals surface area contributed by atoms with Crippen LogP contribution in [0.4, 0.5) is 5.69 Å². The van der Waals surface area contributed by atoms with Crippen molar-refractivity contribution in [2.24, 2.45) is 7.05 Å². The third-order valence-corrected chi connectivity index (χ3v) is 2.43. The fourth-order valence-electron chi connectivity index (χ4n) is 1.67. The van der Waals surface area contributed by atoms with Gasteiger partial charge in [-0.15, -0.1) is 0 Å². The van der Waals surface area contributed by atoms with Gasteiger partial charge in [0.15, 0.2) is 0 Å². The van der Waals surface area contributed by atoms with Gasteiger partial charge in [0.05, 0.1) is 18.2 Å². The minimum atomic E-state index is -0.362. The average Bonchev–Trinajstić information content (AvgIpc) is 2.58. The second kappa shape index (κ2) is 3.31. The summed E-state index contributed by atoms with van der Waals surface area (Å²) in [7, 11) is 3.27.